The topological polar surface area (TPSA) is 63.6 Å². The quantitative estimate of drug-likeness (QED) is 0.464. The van der Waals surface area contributed by atoms with Crippen molar-refractivity contribution in [2.24, 2.45) is 0 Å². The van der Waals surface area contributed by atoms with Crippen LogP contribution in [0, 0.1) is 5.82 Å². The van der Waals surface area contributed by atoms with Crippen LogP contribution in [0.2, 0.25) is 4.08 Å². The Morgan fingerprint density at radius 3 is 2.52 bits per heavy atom. The van der Waals surface area contributed by atoms with Gasteiger partial charge in [0.2, 0.25) is 0 Å². The van der Waals surface area contributed by atoms with E-state index >= 15 is 0 Å². The summed E-state index contributed by atoms with van der Waals surface area (Å²) in [7, 11) is -3.92. The van der Waals surface area contributed by atoms with Crippen LogP contribution in [0.25, 0.3) is 0 Å². The first-order valence-corrected chi connectivity index (χ1v) is 13.6. The summed E-state index contributed by atoms with van der Waals surface area (Å²) in [6.45, 7) is 1.97. The number of benzene rings is 2. The van der Waals surface area contributed by atoms with Gasteiger partial charge in [-0.15, -0.1) is 0 Å². The van der Waals surface area contributed by atoms with Crippen molar-refractivity contribution in [2.75, 3.05) is 0 Å². The van der Waals surface area contributed by atoms with Crippen molar-refractivity contribution >= 4 is 33.7 Å². The second-order valence-corrected chi connectivity index (χ2v) is 14.1. The zero-order valence-electron chi connectivity index (χ0n) is 13.9. The molecule has 0 aliphatic heterocycles. The Balaban J connectivity index is 1.93. The van der Waals surface area contributed by atoms with Crippen LogP contribution in [0.5, 0.6) is 11.5 Å². The molecule has 4 nitrogen and oxygen atoms in total. The van der Waals surface area contributed by atoms with E-state index in [0.717, 1.165) is 16.1 Å². The fourth-order valence-corrected chi connectivity index (χ4v) is 8.96. The van der Waals surface area contributed by atoms with Crippen LogP contribution in [0.4, 0.5) is 4.39 Å². The SMILES string of the molecule is C[CH2][Po][CH](CCCc1cccc(Oc2ccc(F)cc2)c1)S(=O)(=O)O. The molecule has 0 fully saturated rings. The number of rotatable bonds is 9. The van der Waals surface area contributed by atoms with E-state index in [2.05, 4.69) is 0 Å². The molecule has 0 aliphatic rings. The molecule has 0 bridgehead atoms. The number of aryl methyl sites for hydroxylation is 1. The Kier molecular flexibility index (Phi) is 7.80. The third-order valence-corrected chi connectivity index (χ3v) is 12.1. The summed E-state index contributed by atoms with van der Waals surface area (Å²) in [6.07, 6.45) is 1.92. The molecule has 1 unspecified atom stereocenters. The van der Waals surface area contributed by atoms with Crippen LogP contribution in [0.15, 0.2) is 48.5 Å². The van der Waals surface area contributed by atoms with Crippen molar-refractivity contribution in [1.29, 1.82) is 0 Å². The summed E-state index contributed by atoms with van der Waals surface area (Å²) in [5.41, 5.74) is 1.04. The first-order chi connectivity index (χ1) is 11.9. The van der Waals surface area contributed by atoms with Crippen LogP contribution >= 0.6 is 0 Å². The predicted molar refractivity (Wildman–Crippen MR) is 97.4 cm³/mol. The Hall–Kier alpha value is -1.02. The Morgan fingerprint density at radius 2 is 1.88 bits per heavy atom. The molecular weight excluding hydrogens is 540 g/mol. The Labute approximate surface area is 159 Å². The van der Waals surface area contributed by atoms with Crippen LogP contribution in [0.1, 0.15) is 25.3 Å². The molecule has 0 radical (unpaired) electrons. The fourth-order valence-electron chi connectivity index (χ4n) is 2.38. The van der Waals surface area contributed by atoms with Crippen molar-refractivity contribution in [3.8, 4) is 11.5 Å². The van der Waals surface area contributed by atoms with Gasteiger partial charge in [0.15, 0.2) is 0 Å². The molecule has 2 aromatic carbocycles. The summed E-state index contributed by atoms with van der Waals surface area (Å²) in [4.78, 5) is 0. The summed E-state index contributed by atoms with van der Waals surface area (Å²) in [5.74, 6) is 0.895. The van der Waals surface area contributed by atoms with E-state index in [1.165, 1.54) is 12.1 Å². The second-order valence-electron chi connectivity index (χ2n) is 5.50. The predicted octanol–water partition coefficient (Wildman–Crippen LogP) is 4.30. The number of hydrogen-bond donors (Lipinski definition) is 1. The van der Waals surface area contributed by atoms with Gasteiger partial charge in [-0.05, 0) is 0 Å². The van der Waals surface area contributed by atoms with Gasteiger partial charge in [0.1, 0.15) is 0 Å². The molecule has 7 heteroatoms. The molecule has 1 N–H and O–H groups in total. The van der Waals surface area contributed by atoms with Gasteiger partial charge >= 0.3 is 156 Å². The number of halogens is 1. The van der Waals surface area contributed by atoms with Crippen molar-refractivity contribution in [2.45, 2.75) is 33.2 Å². The van der Waals surface area contributed by atoms with E-state index in [9.17, 15) is 17.4 Å². The van der Waals surface area contributed by atoms with Crippen LogP contribution in [-0.4, -0.2) is 39.4 Å². The third kappa shape index (κ3) is 7.01. The molecule has 0 amide bonds. The van der Waals surface area contributed by atoms with Gasteiger partial charge in [-0.1, -0.05) is 0 Å². The van der Waals surface area contributed by atoms with Gasteiger partial charge in [0.25, 0.3) is 0 Å². The molecule has 0 saturated carbocycles. The molecule has 0 spiro atoms. The average Bonchev–Trinajstić information content (AvgIpc) is 2.56. The Morgan fingerprint density at radius 1 is 1.16 bits per heavy atom. The number of ether oxygens (including phenoxy) is 1. The molecule has 25 heavy (non-hydrogen) atoms. The molecule has 0 heterocycles. The fraction of sp³-hybridized carbons (Fsp3) is 0.333. The molecular formula is C18H21FO4PoS. The van der Waals surface area contributed by atoms with Gasteiger partial charge in [0, 0.05) is 0 Å². The molecule has 2 aromatic rings. The molecule has 1 atom stereocenters. The van der Waals surface area contributed by atoms with E-state index in [1.54, 1.807) is 12.1 Å². The first-order valence-electron chi connectivity index (χ1n) is 7.98. The van der Waals surface area contributed by atoms with Crippen molar-refractivity contribution < 1.29 is 22.1 Å². The zero-order valence-corrected chi connectivity index (χ0v) is 17.9. The maximum atomic E-state index is 12.9. The van der Waals surface area contributed by atoms with Gasteiger partial charge < -0.3 is 0 Å². The summed E-state index contributed by atoms with van der Waals surface area (Å²) in [5, 5.41) is 0. The van der Waals surface area contributed by atoms with Crippen LogP contribution < -0.4 is 4.74 Å². The first kappa shape index (κ1) is 20.3. The van der Waals surface area contributed by atoms with Crippen molar-refractivity contribution in [1.82, 2.24) is 0 Å². The van der Waals surface area contributed by atoms with E-state index in [1.807, 2.05) is 31.2 Å². The molecule has 136 valence electrons. The minimum atomic E-state index is -3.92. The molecule has 0 saturated heterocycles. The van der Waals surface area contributed by atoms with Gasteiger partial charge in [0.05, 0.1) is 0 Å². The van der Waals surface area contributed by atoms with Gasteiger partial charge in [-0.25, -0.2) is 4.39 Å². The summed E-state index contributed by atoms with van der Waals surface area (Å²) in [6, 6.07) is 13.4. The molecule has 2 rings (SSSR count). The minimum absolute atomic E-state index is 0.314. The van der Waals surface area contributed by atoms with E-state index in [-0.39, 0.29) is 5.82 Å². The Bertz CT molecular complexity index is 778. The standard InChI is InChI=1S/C16H16FO4S.C2H5.Po/c17-14-7-9-15(10-8-14)21-16-6-3-5-13(12-16)4-1-2-11-22(18,19)20;1-2;/h3,5-12H,1-2,4H2,(H,18,19,20);1H2,2H3;. The number of hydrogen-bond acceptors (Lipinski definition) is 3. The molecule has 0 aliphatic carbocycles. The van der Waals surface area contributed by atoms with Gasteiger partial charge in [-0.3, -0.25) is 0 Å². The third-order valence-electron chi connectivity index (χ3n) is 3.54. The van der Waals surface area contributed by atoms with Crippen LogP contribution in [-0.2, 0) is 16.5 Å². The average molecular weight is 561 g/mol. The van der Waals surface area contributed by atoms with Crippen LogP contribution in [0.3, 0.4) is 0 Å². The van der Waals surface area contributed by atoms with Crippen molar-refractivity contribution in [3.63, 3.8) is 0 Å². The normalized spacial score (nSPS) is 12.8. The van der Waals surface area contributed by atoms with E-state index in [0.29, 0.717) is 24.3 Å². The van der Waals surface area contributed by atoms with Crippen molar-refractivity contribution in [3.05, 3.63) is 59.9 Å². The molecule has 0 aromatic heterocycles. The zero-order chi connectivity index (χ0) is 18.3. The monoisotopic (exact) mass is 561 g/mol. The van der Waals surface area contributed by atoms with E-state index in [4.69, 9.17) is 4.74 Å². The van der Waals surface area contributed by atoms with Gasteiger partial charge in [-0.2, -0.15) is 0 Å². The summed E-state index contributed by atoms with van der Waals surface area (Å²) >= 11 is -1.07. The van der Waals surface area contributed by atoms with E-state index < -0.39 is 36.6 Å². The second kappa shape index (κ2) is 9.61. The summed E-state index contributed by atoms with van der Waals surface area (Å²) < 4.78 is 51.1. The maximum absolute atomic E-state index is 12.9.